The summed E-state index contributed by atoms with van der Waals surface area (Å²) in [6, 6.07) is 5.93. The van der Waals surface area contributed by atoms with Crippen LogP contribution >= 0.6 is 11.8 Å². The molecule has 144 valence electrons. The summed E-state index contributed by atoms with van der Waals surface area (Å²) < 4.78 is 52.5. The Kier molecular flexibility index (Phi) is 5.98. The van der Waals surface area contributed by atoms with Crippen LogP contribution in [0.4, 0.5) is 17.6 Å². The van der Waals surface area contributed by atoms with Crippen molar-refractivity contribution >= 4 is 17.7 Å². The second-order valence-electron chi connectivity index (χ2n) is 6.26. The van der Waals surface area contributed by atoms with E-state index in [-0.39, 0.29) is 28.6 Å². The van der Waals surface area contributed by atoms with Crippen molar-refractivity contribution < 1.29 is 22.4 Å². The number of hydrogen-bond acceptors (Lipinski definition) is 4. The lowest BCUT2D eigenvalue weighted by Crippen LogP contribution is -2.33. The Labute approximate surface area is 157 Å². The number of rotatable bonds is 5. The molecule has 0 unspecified atom stereocenters. The van der Waals surface area contributed by atoms with Gasteiger partial charge in [0.2, 0.25) is 5.91 Å². The molecule has 0 atom stereocenters. The predicted molar refractivity (Wildman–Crippen MR) is 93.6 cm³/mol. The number of halogens is 4. The molecule has 1 aromatic carbocycles. The monoisotopic (exact) mass is 399 g/mol. The molecular formula is C18H17F4N3OS. The highest BCUT2D eigenvalue weighted by atomic mass is 32.2. The first-order chi connectivity index (χ1) is 12.8. The van der Waals surface area contributed by atoms with Gasteiger partial charge in [0.1, 0.15) is 11.5 Å². The van der Waals surface area contributed by atoms with Gasteiger partial charge in [-0.15, -0.1) is 0 Å². The number of nitrogens with zero attached hydrogens (tertiary/aromatic N) is 2. The molecular weight excluding hydrogens is 382 g/mol. The van der Waals surface area contributed by atoms with E-state index in [1.807, 2.05) is 0 Å². The van der Waals surface area contributed by atoms with Crippen molar-refractivity contribution in [3.8, 4) is 11.3 Å². The topological polar surface area (TPSA) is 54.9 Å². The smallest absolute Gasteiger partial charge is 0.353 e. The molecule has 2 aromatic rings. The third kappa shape index (κ3) is 5.41. The van der Waals surface area contributed by atoms with Crippen LogP contribution in [0, 0.1) is 5.82 Å². The van der Waals surface area contributed by atoms with Crippen LogP contribution < -0.4 is 5.32 Å². The highest BCUT2D eigenvalue weighted by molar-refractivity contribution is 7.99. The molecule has 27 heavy (non-hydrogen) atoms. The highest BCUT2D eigenvalue weighted by Crippen LogP contribution is 2.32. The Bertz CT molecular complexity index is 805. The maximum absolute atomic E-state index is 13.2. The molecule has 1 aromatic heterocycles. The van der Waals surface area contributed by atoms with Gasteiger partial charge in [-0.25, -0.2) is 14.4 Å². The summed E-state index contributed by atoms with van der Waals surface area (Å²) in [6.45, 7) is 0. The van der Waals surface area contributed by atoms with E-state index in [1.165, 1.54) is 12.1 Å². The van der Waals surface area contributed by atoms with E-state index in [4.69, 9.17) is 0 Å². The number of carbonyl (C=O) groups excluding carboxylic acids is 1. The summed E-state index contributed by atoms with van der Waals surface area (Å²) in [5.41, 5.74) is -0.742. The molecule has 0 spiro atoms. The quantitative estimate of drug-likeness (QED) is 0.458. The minimum atomic E-state index is -4.65. The molecule has 0 aliphatic heterocycles. The number of alkyl halides is 3. The summed E-state index contributed by atoms with van der Waals surface area (Å²) in [4.78, 5) is 19.6. The fourth-order valence-electron chi connectivity index (χ4n) is 2.87. The Morgan fingerprint density at radius 1 is 1.15 bits per heavy atom. The largest absolute Gasteiger partial charge is 0.433 e. The van der Waals surface area contributed by atoms with Crippen LogP contribution in [0.2, 0.25) is 0 Å². The highest BCUT2D eigenvalue weighted by Gasteiger charge is 2.34. The van der Waals surface area contributed by atoms with E-state index in [0.717, 1.165) is 55.6 Å². The predicted octanol–water partition coefficient (Wildman–Crippen LogP) is 4.45. The van der Waals surface area contributed by atoms with Crippen LogP contribution in [0.25, 0.3) is 11.3 Å². The van der Waals surface area contributed by atoms with E-state index >= 15 is 0 Å². The van der Waals surface area contributed by atoms with Crippen molar-refractivity contribution in [2.75, 3.05) is 5.75 Å². The maximum atomic E-state index is 13.2. The van der Waals surface area contributed by atoms with E-state index in [0.29, 0.717) is 5.56 Å². The standard InChI is InChI=1S/C18H17F4N3OS/c19-12-7-5-11(6-8-12)14-9-15(18(20,21)22)25-17(24-14)27-10-16(26)23-13-3-1-2-4-13/h5-9,13H,1-4,10H2,(H,23,26). The van der Waals surface area contributed by atoms with Crippen molar-refractivity contribution in [3.63, 3.8) is 0 Å². The summed E-state index contributed by atoms with van der Waals surface area (Å²) in [5.74, 6) is -0.820. The molecule has 1 amide bonds. The molecule has 1 aliphatic rings. The molecule has 0 saturated heterocycles. The van der Waals surface area contributed by atoms with E-state index in [2.05, 4.69) is 15.3 Å². The molecule has 1 heterocycles. The van der Waals surface area contributed by atoms with Gasteiger partial charge in [-0.3, -0.25) is 4.79 Å². The SMILES string of the molecule is O=C(CSc1nc(-c2ccc(F)cc2)cc(C(F)(F)F)n1)NC1CCCC1. The molecule has 1 N–H and O–H groups in total. The fourth-order valence-corrected chi connectivity index (χ4v) is 3.54. The molecule has 0 radical (unpaired) electrons. The molecule has 0 bridgehead atoms. The lowest BCUT2D eigenvalue weighted by atomic mass is 10.1. The van der Waals surface area contributed by atoms with E-state index in [1.54, 1.807) is 0 Å². The molecule has 3 rings (SSSR count). The van der Waals surface area contributed by atoms with Gasteiger partial charge in [0.05, 0.1) is 11.4 Å². The van der Waals surface area contributed by atoms with Gasteiger partial charge >= 0.3 is 6.18 Å². The third-order valence-corrected chi connectivity index (χ3v) is 5.04. The molecule has 9 heteroatoms. The van der Waals surface area contributed by atoms with Crippen molar-refractivity contribution in [1.29, 1.82) is 0 Å². The number of nitrogens with one attached hydrogen (secondary N) is 1. The molecule has 1 aliphatic carbocycles. The Balaban J connectivity index is 1.77. The van der Waals surface area contributed by atoms with Crippen LogP contribution in [0.5, 0.6) is 0 Å². The van der Waals surface area contributed by atoms with Crippen LogP contribution in [0.3, 0.4) is 0 Å². The van der Waals surface area contributed by atoms with Crippen LogP contribution in [0.15, 0.2) is 35.5 Å². The number of thioether (sulfide) groups is 1. The minimum Gasteiger partial charge on any atom is -0.353 e. The summed E-state index contributed by atoms with van der Waals surface area (Å²) >= 11 is 0.846. The Hall–Kier alpha value is -2.16. The van der Waals surface area contributed by atoms with Crippen LogP contribution in [0.1, 0.15) is 31.4 Å². The van der Waals surface area contributed by atoms with Gasteiger partial charge in [-0.1, -0.05) is 24.6 Å². The lowest BCUT2D eigenvalue weighted by Gasteiger charge is -2.12. The first-order valence-electron chi connectivity index (χ1n) is 8.45. The molecule has 1 saturated carbocycles. The lowest BCUT2D eigenvalue weighted by molar-refractivity contribution is -0.141. The van der Waals surface area contributed by atoms with Gasteiger partial charge in [0.25, 0.3) is 0 Å². The number of benzene rings is 1. The summed E-state index contributed by atoms with van der Waals surface area (Å²) in [6.07, 6.45) is -0.679. The zero-order valence-electron chi connectivity index (χ0n) is 14.2. The number of carbonyl (C=O) groups is 1. The Morgan fingerprint density at radius 3 is 2.44 bits per heavy atom. The van der Waals surface area contributed by atoms with Crippen molar-refractivity contribution in [2.45, 2.75) is 43.1 Å². The number of hydrogen-bond donors (Lipinski definition) is 1. The van der Waals surface area contributed by atoms with E-state index < -0.39 is 17.7 Å². The zero-order chi connectivity index (χ0) is 19.4. The first kappa shape index (κ1) is 19.6. The molecule has 4 nitrogen and oxygen atoms in total. The van der Waals surface area contributed by atoms with Crippen molar-refractivity contribution in [3.05, 3.63) is 41.8 Å². The number of aromatic nitrogens is 2. The van der Waals surface area contributed by atoms with Gasteiger partial charge in [-0.2, -0.15) is 13.2 Å². The van der Waals surface area contributed by atoms with Gasteiger partial charge < -0.3 is 5.32 Å². The minimum absolute atomic E-state index is 0.0241. The van der Waals surface area contributed by atoms with Crippen LogP contribution in [-0.2, 0) is 11.0 Å². The summed E-state index contributed by atoms with van der Waals surface area (Å²) in [5, 5.41) is 2.72. The Morgan fingerprint density at radius 2 is 1.81 bits per heavy atom. The van der Waals surface area contributed by atoms with Gasteiger partial charge in [0, 0.05) is 11.6 Å². The van der Waals surface area contributed by atoms with Crippen LogP contribution in [-0.4, -0.2) is 27.7 Å². The second kappa shape index (κ2) is 8.24. The van der Waals surface area contributed by atoms with Crippen molar-refractivity contribution in [1.82, 2.24) is 15.3 Å². The zero-order valence-corrected chi connectivity index (χ0v) is 15.0. The average Bonchev–Trinajstić information content (AvgIpc) is 3.12. The summed E-state index contributed by atoms with van der Waals surface area (Å²) in [7, 11) is 0. The first-order valence-corrected chi connectivity index (χ1v) is 9.44. The molecule has 1 fully saturated rings. The normalized spacial score (nSPS) is 15.1. The second-order valence-corrected chi connectivity index (χ2v) is 7.21. The number of amides is 1. The fraction of sp³-hybridized carbons (Fsp3) is 0.389. The van der Waals surface area contributed by atoms with Gasteiger partial charge in [-0.05, 0) is 43.2 Å². The maximum Gasteiger partial charge on any atom is 0.433 e. The van der Waals surface area contributed by atoms with Crippen molar-refractivity contribution in [2.24, 2.45) is 0 Å². The van der Waals surface area contributed by atoms with Gasteiger partial charge in [0.15, 0.2) is 5.16 Å². The average molecular weight is 399 g/mol. The third-order valence-electron chi connectivity index (χ3n) is 4.19. The van der Waals surface area contributed by atoms with E-state index in [9.17, 15) is 22.4 Å².